The molecule has 3 aromatic rings. The molecule has 0 unspecified atom stereocenters. The molecule has 1 aliphatic heterocycles. The van der Waals surface area contributed by atoms with E-state index < -0.39 is 11.8 Å². The van der Waals surface area contributed by atoms with Crippen molar-refractivity contribution in [3.05, 3.63) is 98.9 Å². The Labute approximate surface area is 193 Å². The number of esters is 1. The minimum absolute atomic E-state index is 0.0600. The quantitative estimate of drug-likeness (QED) is 0.319. The largest absolute Gasteiger partial charge is 0.493 e. The van der Waals surface area contributed by atoms with Gasteiger partial charge in [0.2, 0.25) is 5.90 Å². The highest BCUT2D eigenvalue weighted by atomic mass is 79.9. The average molecular weight is 496 g/mol. The first-order valence-corrected chi connectivity index (χ1v) is 10.6. The Bertz CT molecular complexity index is 1240. The third-order valence-electron chi connectivity index (χ3n) is 4.75. The van der Waals surface area contributed by atoms with Gasteiger partial charge in [-0.25, -0.2) is 14.2 Å². The molecule has 0 amide bonds. The highest BCUT2D eigenvalue weighted by Crippen LogP contribution is 2.38. The van der Waals surface area contributed by atoms with E-state index in [4.69, 9.17) is 14.2 Å². The van der Waals surface area contributed by atoms with Gasteiger partial charge in [-0.1, -0.05) is 35.9 Å². The molecule has 0 fully saturated rings. The van der Waals surface area contributed by atoms with Crippen molar-refractivity contribution >= 4 is 33.9 Å². The summed E-state index contributed by atoms with van der Waals surface area (Å²) in [4.78, 5) is 16.5. The van der Waals surface area contributed by atoms with Crippen molar-refractivity contribution in [2.45, 2.75) is 13.5 Å². The number of halogens is 2. The summed E-state index contributed by atoms with van der Waals surface area (Å²) in [7, 11) is 1.54. The predicted octanol–water partition coefficient (Wildman–Crippen LogP) is 5.83. The molecule has 0 aliphatic carbocycles. The fourth-order valence-electron chi connectivity index (χ4n) is 3.12. The molecular formula is C25H19BrFNO4. The molecule has 32 heavy (non-hydrogen) atoms. The lowest BCUT2D eigenvalue weighted by Gasteiger charge is -2.14. The molecule has 3 aromatic carbocycles. The van der Waals surface area contributed by atoms with Gasteiger partial charge in [-0.05, 0) is 70.4 Å². The Hall–Kier alpha value is -3.45. The van der Waals surface area contributed by atoms with Crippen molar-refractivity contribution in [1.82, 2.24) is 0 Å². The van der Waals surface area contributed by atoms with E-state index in [-0.39, 0.29) is 11.6 Å². The standard InChI is InChI=1S/C25H19BrFNO4/c1-15-6-8-16(9-7-15)14-31-23-20(26)10-17(12-22(23)30-2)11-21-25(29)32-24(28-21)18-4-3-5-19(27)13-18/h3-13H,14H2,1-2H3/b21-11-. The van der Waals surface area contributed by atoms with Crippen LogP contribution in [-0.2, 0) is 16.1 Å². The van der Waals surface area contributed by atoms with Gasteiger partial charge in [-0.15, -0.1) is 0 Å². The van der Waals surface area contributed by atoms with Gasteiger partial charge in [0.15, 0.2) is 17.2 Å². The van der Waals surface area contributed by atoms with Gasteiger partial charge in [0, 0.05) is 5.56 Å². The Morgan fingerprint density at radius 2 is 1.91 bits per heavy atom. The number of aryl methyl sites for hydroxylation is 1. The average Bonchev–Trinajstić information content (AvgIpc) is 3.14. The highest BCUT2D eigenvalue weighted by Gasteiger charge is 2.24. The number of nitrogens with zero attached hydrogens (tertiary/aromatic N) is 1. The Balaban J connectivity index is 1.59. The molecule has 1 heterocycles. The first kappa shape index (κ1) is 21.8. The zero-order valence-corrected chi connectivity index (χ0v) is 19.0. The first-order chi connectivity index (χ1) is 15.4. The molecule has 1 aliphatic rings. The van der Waals surface area contributed by atoms with E-state index in [9.17, 15) is 9.18 Å². The molecule has 4 rings (SSSR count). The number of carbonyl (C=O) groups excluding carboxylic acids is 1. The van der Waals surface area contributed by atoms with E-state index in [0.29, 0.717) is 33.7 Å². The predicted molar refractivity (Wildman–Crippen MR) is 123 cm³/mol. The lowest BCUT2D eigenvalue weighted by atomic mass is 10.1. The van der Waals surface area contributed by atoms with Crippen LogP contribution >= 0.6 is 15.9 Å². The van der Waals surface area contributed by atoms with Gasteiger partial charge in [0.1, 0.15) is 12.4 Å². The van der Waals surface area contributed by atoms with Crippen LogP contribution in [0.2, 0.25) is 0 Å². The molecule has 162 valence electrons. The first-order valence-electron chi connectivity index (χ1n) is 9.77. The fourth-order valence-corrected chi connectivity index (χ4v) is 3.69. The van der Waals surface area contributed by atoms with Crippen LogP contribution < -0.4 is 9.47 Å². The summed E-state index contributed by atoms with van der Waals surface area (Å²) >= 11 is 3.52. The van der Waals surface area contributed by atoms with Crippen LogP contribution in [-0.4, -0.2) is 19.0 Å². The number of ether oxygens (including phenoxy) is 3. The van der Waals surface area contributed by atoms with Crippen LogP contribution in [0.15, 0.2) is 75.8 Å². The van der Waals surface area contributed by atoms with E-state index in [1.165, 1.54) is 23.8 Å². The third-order valence-corrected chi connectivity index (χ3v) is 5.34. The number of rotatable bonds is 6. The fraction of sp³-hybridized carbons (Fsp3) is 0.120. The molecule has 0 saturated heterocycles. The van der Waals surface area contributed by atoms with Gasteiger partial charge in [0.25, 0.3) is 0 Å². The number of methoxy groups -OCH3 is 1. The molecule has 0 aromatic heterocycles. The van der Waals surface area contributed by atoms with Crippen molar-refractivity contribution in [1.29, 1.82) is 0 Å². The summed E-state index contributed by atoms with van der Waals surface area (Å²) in [6.45, 7) is 2.41. The van der Waals surface area contributed by atoms with Gasteiger partial charge < -0.3 is 14.2 Å². The second-order valence-electron chi connectivity index (χ2n) is 7.15. The molecular weight excluding hydrogens is 477 g/mol. The maximum Gasteiger partial charge on any atom is 0.363 e. The third kappa shape index (κ3) is 4.89. The molecule has 0 radical (unpaired) electrons. The van der Waals surface area contributed by atoms with Gasteiger partial charge in [-0.3, -0.25) is 0 Å². The van der Waals surface area contributed by atoms with Crippen LogP contribution in [0.1, 0.15) is 22.3 Å². The molecule has 0 bridgehead atoms. The lowest BCUT2D eigenvalue weighted by molar-refractivity contribution is -0.129. The van der Waals surface area contributed by atoms with Crippen molar-refractivity contribution in [2.75, 3.05) is 7.11 Å². The van der Waals surface area contributed by atoms with E-state index in [0.717, 1.165) is 5.56 Å². The summed E-state index contributed by atoms with van der Waals surface area (Å²) in [5.41, 5.74) is 3.36. The van der Waals surface area contributed by atoms with Gasteiger partial charge in [-0.2, -0.15) is 0 Å². The Kier molecular flexibility index (Phi) is 6.37. The smallest absolute Gasteiger partial charge is 0.363 e. The summed E-state index contributed by atoms with van der Waals surface area (Å²) in [5, 5.41) is 0. The maximum atomic E-state index is 13.5. The molecule has 0 saturated carbocycles. The molecule has 0 atom stereocenters. The van der Waals surface area contributed by atoms with E-state index in [1.54, 1.807) is 31.4 Å². The summed E-state index contributed by atoms with van der Waals surface area (Å²) in [6, 6.07) is 17.3. The van der Waals surface area contributed by atoms with Crippen LogP contribution in [0.25, 0.3) is 6.08 Å². The SMILES string of the molecule is COc1cc(/C=C2\N=C(c3cccc(F)c3)OC2=O)cc(Br)c1OCc1ccc(C)cc1. The summed E-state index contributed by atoms with van der Waals surface area (Å²) < 4.78 is 30.8. The maximum absolute atomic E-state index is 13.5. The van der Waals surface area contributed by atoms with Crippen LogP contribution in [0.4, 0.5) is 4.39 Å². The van der Waals surface area contributed by atoms with Crippen molar-refractivity contribution in [2.24, 2.45) is 4.99 Å². The number of cyclic esters (lactones) is 1. The van der Waals surface area contributed by atoms with E-state index >= 15 is 0 Å². The minimum Gasteiger partial charge on any atom is -0.493 e. The number of hydrogen-bond acceptors (Lipinski definition) is 5. The van der Waals surface area contributed by atoms with Crippen LogP contribution in [0, 0.1) is 12.7 Å². The lowest BCUT2D eigenvalue weighted by Crippen LogP contribution is -2.05. The molecule has 7 heteroatoms. The zero-order valence-electron chi connectivity index (χ0n) is 17.4. The summed E-state index contributed by atoms with van der Waals surface area (Å²) in [5.74, 6) is 0.0599. The monoisotopic (exact) mass is 495 g/mol. The highest BCUT2D eigenvalue weighted by molar-refractivity contribution is 9.10. The number of benzene rings is 3. The van der Waals surface area contributed by atoms with Crippen molar-refractivity contribution in [3.8, 4) is 11.5 Å². The van der Waals surface area contributed by atoms with Crippen LogP contribution in [0.5, 0.6) is 11.5 Å². The van der Waals surface area contributed by atoms with Gasteiger partial charge in [0.05, 0.1) is 11.6 Å². The van der Waals surface area contributed by atoms with Crippen molar-refractivity contribution < 1.29 is 23.4 Å². The van der Waals surface area contributed by atoms with Crippen LogP contribution in [0.3, 0.4) is 0 Å². The van der Waals surface area contributed by atoms with Gasteiger partial charge >= 0.3 is 5.97 Å². The Morgan fingerprint density at radius 3 is 2.62 bits per heavy atom. The topological polar surface area (TPSA) is 57.1 Å². The normalized spacial score (nSPS) is 14.3. The minimum atomic E-state index is -0.612. The molecule has 0 spiro atoms. The molecule has 0 N–H and O–H groups in total. The van der Waals surface area contributed by atoms with E-state index in [2.05, 4.69) is 20.9 Å². The van der Waals surface area contributed by atoms with Crippen molar-refractivity contribution in [3.63, 3.8) is 0 Å². The number of carbonyl (C=O) groups is 1. The number of hydrogen-bond donors (Lipinski definition) is 0. The zero-order chi connectivity index (χ0) is 22.7. The van der Waals surface area contributed by atoms with E-state index in [1.807, 2.05) is 31.2 Å². The second kappa shape index (κ2) is 9.36. The second-order valence-corrected chi connectivity index (χ2v) is 8.01. The summed E-state index contributed by atoms with van der Waals surface area (Å²) in [6.07, 6.45) is 1.58. The Morgan fingerprint density at radius 1 is 1.12 bits per heavy atom. The molecule has 5 nitrogen and oxygen atoms in total. The number of aliphatic imine (C=N–C) groups is 1.